The Balaban J connectivity index is 1.69. The SMILES string of the molecule is CN1CCC(CNC(=O)Cn2c(=O)oc3cc(Cl)ccc32)(N(C)C)CC1. The Bertz CT molecular complexity index is 850. The summed E-state index contributed by atoms with van der Waals surface area (Å²) in [5.41, 5.74) is 0.894. The van der Waals surface area contributed by atoms with Crippen molar-refractivity contribution in [3.63, 3.8) is 0 Å². The Morgan fingerprint density at radius 1 is 1.35 bits per heavy atom. The van der Waals surface area contributed by atoms with Gasteiger partial charge in [0.15, 0.2) is 5.58 Å². The van der Waals surface area contributed by atoms with Crippen LogP contribution in [0.4, 0.5) is 0 Å². The molecule has 1 amide bonds. The lowest BCUT2D eigenvalue weighted by Gasteiger charge is -2.45. The van der Waals surface area contributed by atoms with Crippen LogP contribution in [0.25, 0.3) is 11.1 Å². The second-order valence-corrected chi connectivity index (χ2v) is 7.70. The quantitative estimate of drug-likeness (QED) is 0.848. The second kappa shape index (κ2) is 7.42. The minimum absolute atomic E-state index is 0.0564. The van der Waals surface area contributed by atoms with Crippen LogP contribution in [-0.4, -0.2) is 66.6 Å². The van der Waals surface area contributed by atoms with Crippen LogP contribution in [0.1, 0.15) is 12.8 Å². The van der Waals surface area contributed by atoms with Crippen LogP contribution in [0.3, 0.4) is 0 Å². The molecule has 0 saturated carbocycles. The Morgan fingerprint density at radius 2 is 2.04 bits per heavy atom. The Labute approximate surface area is 157 Å². The van der Waals surface area contributed by atoms with Gasteiger partial charge in [0, 0.05) is 23.2 Å². The van der Waals surface area contributed by atoms with Crippen molar-refractivity contribution in [1.29, 1.82) is 0 Å². The van der Waals surface area contributed by atoms with Crippen molar-refractivity contribution < 1.29 is 9.21 Å². The fourth-order valence-electron chi connectivity index (χ4n) is 3.47. The lowest BCUT2D eigenvalue weighted by atomic mass is 9.86. The van der Waals surface area contributed by atoms with Gasteiger partial charge in [-0.25, -0.2) is 4.79 Å². The number of hydrogen-bond acceptors (Lipinski definition) is 5. The van der Waals surface area contributed by atoms with Gasteiger partial charge in [-0.3, -0.25) is 9.36 Å². The molecule has 3 rings (SSSR count). The zero-order chi connectivity index (χ0) is 18.9. The summed E-state index contributed by atoms with van der Waals surface area (Å²) >= 11 is 5.92. The van der Waals surface area contributed by atoms with Gasteiger partial charge < -0.3 is 19.5 Å². The number of benzene rings is 1. The van der Waals surface area contributed by atoms with Crippen LogP contribution in [0, 0.1) is 0 Å². The number of nitrogens with one attached hydrogen (secondary N) is 1. The first kappa shape index (κ1) is 18.9. The number of piperidine rings is 1. The highest BCUT2D eigenvalue weighted by Crippen LogP contribution is 2.26. The van der Waals surface area contributed by atoms with Gasteiger partial charge in [-0.1, -0.05) is 11.6 Å². The first-order valence-electron chi connectivity index (χ1n) is 8.72. The molecule has 1 aromatic heterocycles. The number of nitrogens with zero attached hydrogens (tertiary/aromatic N) is 3. The molecule has 1 aliphatic rings. The molecule has 26 heavy (non-hydrogen) atoms. The molecule has 2 aromatic rings. The Morgan fingerprint density at radius 3 is 2.69 bits per heavy atom. The van der Waals surface area contributed by atoms with Crippen molar-refractivity contribution in [1.82, 2.24) is 19.7 Å². The predicted molar refractivity (Wildman–Crippen MR) is 102 cm³/mol. The second-order valence-electron chi connectivity index (χ2n) is 7.26. The van der Waals surface area contributed by atoms with E-state index in [9.17, 15) is 9.59 Å². The number of halogens is 1. The Kier molecular flexibility index (Phi) is 5.41. The highest BCUT2D eigenvalue weighted by molar-refractivity contribution is 6.31. The van der Waals surface area contributed by atoms with E-state index in [1.54, 1.807) is 18.2 Å². The van der Waals surface area contributed by atoms with Crippen molar-refractivity contribution in [3.05, 3.63) is 33.8 Å². The molecule has 142 valence electrons. The van der Waals surface area contributed by atoms with Crippen molar-refractivity contribution in [3.8, 4) is 0 Å². The summed E-state index contributed by atoms with van der Waals surface area (Å²) in [4.78, 5) is 29.0. The third-order valence-electron chi connectivity index (χ3n) is 5.41. The van der Waals surface area contributed by atoms with Gasteiger partial charge in [0.05, 0.1) is 5.52 Å². The summed E-state index contributed by atoms with van der Waals surface area (Å²) in [7, 11) is 6.21. The topological polar surface area (TPSA) is 70.7 Å². The van der Waals surface area contributed by atoms with Crippen molar-refractivity contribution in [2.24, 2.45) is 0 Å². The standard InChI is InChI=1S/C18H25ClN4O3/c1-21(2)18(6-8-22(3)9-7-18)12-20-16(24)11-23-14-5-4-13(19)10-15(14)26-17(23)25/h4-5,10H,6-9,11-12H2,1-3H3,(H,20,24). The highest BCUT2D eigenvalue weighted by atomic mass is 35.5. The van der Waals surface area contributed by atoms with E-state index in [1.165, 1.54) is 4.57 Å². The number of fused-ring (bicyclic) bond motifs is 1. The molecule has 2 heterocycles. The van der Waals surface area contributed by atoms with Crippen LogP contribution in [0.2, 0.25) is 5.02 Å². The normalized spacial score (nSPS) is 17.7. The average Bonchev–Trinajstić information content (AvgIpc) is 2.89. The maximum absolute atomic E-state index is 12.5. The van der Waals surface area contributed by atoms with Gasteiger partial charge in [0.2, 0.25) is 5.91 Å². The number of carbonyl (C=O) groups is 1. The number of carbonyl (C=O) groups excluding carboxylic acids is 1. The summed E-state index contributed by atoms with van der Waals surface area (Å²) < 4.78 is 6.51. The molecule has 0 aliphatic carbocycles. The maximum Gasteiger partial charge on any atom is 0.420 e. The first-order chi connectivity index (χ1) is 12.3. The van der Waals surface area contributed by atoms with Crippen LogP contribution in [0.5, 0.6) is 0 Å². The minimum atomic E-state index is -0.556. The molecule has 8 heteroatoms. The lowest BCUT2D eigenvalue weighted by molar-refractivity contribution is -0.122. The van der Waals surface area contributed by atoms with Crippen LogP contribution in [0.15, 0.2) is 27.4 Å². The number of likely N-dealkylation sites (tertiary alicyclic amines) is 1. The van der Waals surface area contributed by atoms with E-state index in [0.29, 0.717) is 22.7 Å². The summed E-state index contributed by atoms with van der Waals surface area (Å²) in [5, 5.41) is 3.49. The molecule has 0 radical (unpaired) electrons. The number of likely N-dealkylation sites (N-methyl/N-ethyl adjacent to an activating group) is 1. The molecule has 1 N–H and O–H groups in total. The third kappa shape index (κ3) is 3.79. The molecule has 1 aromatic carbocycles. The van der Waals surface area contributed by atoms with Crippen molar-refractivity contribution >= 4 is 28.6 Å². The van der Waals surface area contributed by atoms with E-state index in [-0.39, 0.29) is 18.0 Å². The van der Waals surface area contributed by atoms with E-state index >= 15 is 0 Å². The molecule has 1 saturated heterocycles. The van der Waals surface area contributed by atoms with E-state index in [2.05, 4.69) is 36.3 Å². The molecule has 0 unspecified atom stereocenters. The van der Waals surface area contributed by atoms with Gasteiger partial charge in [-0.2, -0.15) is 0 Å². The summed E-state index contributed by atoms with van der Waals surface area (Å²) in [5.74, 6) is -0.760. The van der Waals surface area contributed by atoms with Crippen LogP contribution >= 0.6 is 11.6 Å². The van der Waals surface area contributed by atoms with Crippen molar-refractivity contribution in [2.45, 2.75) is 24.9 Å². The van der Waals surface area contributed by atoms with E-state index < -0.39 is 5.76 Å². The maximum atomic E-state index is 12.5. The number of hydrogen-bond donors (Lipinski definition) is 1. The fourth-order valence-corrected chi connectivity index (χ4v) is 3.63. The average molecular weight is 381 g/mol. The van der Waals surface area contributed by atoms with Gasteiger partial charge in [-0.15, -0.1) is 0 Å². The number of aromatic nitrogens is 1. The molecule has 1 fully saturated rings. The summed E-state index contributed by atoms with van der Waals surface area (Å²) in [6.45, 7) is 2.49. The molecule has 7 nitrogen and oxygen atoms in total. The van der Waals surface area contributed by atoms with Crippen LogP contribution in [-0.2, 0) is 11.3 Å². The number of rotatable bonds is 5. The Hall–Kier alpha value is -1.83. The summed E-state index contributed by atoms with van der Waals surface area (Å²) in [6, 6.07) is 4.94. The predicted octanol–water partition coefficient (Wildman–Crippen LogP) is 1.39. The zero-order valence-electron chi connectivity index (χ0n) is 15.4. The van der Waals surface area contributed by atoms with Gasteiger partial charge in [-0.05, 0) is 59.2 Å². The summed E-state index contributed by atoms with van der Waals surface area (Å²) in [6.07, 6.45) is 1.98. The molecular weight excluding hydrogens is 356 g/mol. The van der Waals surface area contributed by atoms with Crippen LogP contribution < -0.4 is 11.1 Å². The molecule has 0 atom stereocenters. The third-order valence-corrected chi connectivity index (χ3v) is 5.65. The monoisotopic (exact) mass is 380 g/mol. The van der Waals surface area contributed by atoms with Gasteiger partial charge in [0.25, 0.3) is 0 Å². The van der Waals surface area contributed by atoms with Gasteiger partial charge in [0.1, 0.15) is 6.54 Å². The minimum Gasteiger partial charge on any atom is -0.408 e. The molecule has 1 aliphatic heterocycles. The number of amides is 1. The lowest BCUT2D eigenvalue weighted by Crippen LogP contribution is -2.58. The van der Waals surface area contributed by atoms with Gasteiger partial charge >= 0.3 is 5.76 Å². The van der Waals surface area contributed by atoms with Crippen molar-refractivity contribution in [2.75, 3.05) is 40.8 Å². The van der Waals surface area contributed by atoms with E-state index in [4.69, 9.17) is 16.0 Å². The van der Waals surface area contributed by atoms with E-state index in [1.807, 2.05) is 0 Å². The fraction of sp³-hybridized carbons (Fsp3) is 0.556. The highest BCUT2D eigenvalue weighted by Gasteiger charge is 2.36. The molecule has 0 spiro atoms. The van der Waals surface area contributed by atoms with E-state index in [0.717, 1.165) is 25.9 Å². The first-order valence-corrected chi connectivity index (χ1v) is 9.10. The molecular formula is C18H25ClN4O3. The zero-order valence-corrected chi connectivity index (χ0v) is 16.2. The smallest absolute Gasteiger partial charge is 0.408 e. The largest absolute Gasteiger partial charge is 0.420 e. The number of oxazole rings is 1. The molecule has 0 bridgehead atoms.